The maximum atomic E-state index is 12.8. The number of rotatable bonds is 4. The van der Waals surface area contributed by atoms with Crippen LogP contribution in [-0.4, -0.2) is 11.1 Å². The summed E-state index contributed by atoms with van der Waals surface area (Å²) in [7, 11) is 0. The number of carboxylic acid groups (broad SMARTS) is 1. The molecule has 0 spiro atoms. The Morgan fingerprint density at radius 3 is 2.47 bits per heavy atom. The van der Waals surface area contributed by atoms with Crippen molar-refractivity contribution < 1.29 is 19.0 Å². The predicted molar refractivity (Wildman–Crippen MR) is 68.6 cm³/mol. The summed E-state index contributed by atoms with van der Waals surface area (Å²) in [5.41, 5.74) is 1.37. The van der Waals surface area contributed by atoms with Crippen LogP contribution in [0, 0.1) is 12.7 Å². The maximum Gasteiger partial charge on any atom is 0.349 e. The minimum atomic E-state index is -1.15. The normalized spacial score (nSPS) is 11.9. The summed E-state index contributed by atoms with van der Waals surface area (Å²) in [6.45, 7) is 1.89. The Morgan fingerprint density at radius 1 is 1.21 bits per heavy atom. The molecule has 0 fully saturated rings. The molecule has 0 bridgehead atoms. The molecule has 1 N–H and O–H groups in total. The summed E-state index contributed by atoms with van der Waals surface area (Å²) in [5.74, 6) is -1.06. The Hall–Kier alpha value is -2.36. The number of hydrogen-bond donors (Lipinski definition) is 1. The Kier molecular flexibility index (Phi) is 3.80. The van der Waals surface area contributed by atoms with Crippen LogP contribution in [0.1, 0.15) is 17.2 Å². The van der Waals surface area contributed by atoms with Gasteiger partial charge in [0.15, 0.2) is 0 Å². The molecule has 2 aromatic carbocycles. The second-order valence-electron chi connectivity index (χ2n) is 4.20. The second-order valence-corrected chi connectivity index (χ2v) is 4.20. The van der Waals surface area contributed by atoms with E-state index in [2.05, 4.69) is 0 Å². The molecule has 2 aromatic rings. The fraction of sp³-hybridized carbons (Fsp3) is 0.133. The standard InChI is InChI=1S/C15H13FO3/c1-10-3-2-4-13(9-10)19-14(15(17)18)11-5-7-12(16)8-6-11/h2-9,14H,1H3,(H,17,18). The molecule has 0 saturated heterocycles. The van der Waals surface area contributed by atoms with Gasteiger partial charge in [-0.15, -0.1) is 0 Å². The first-order valence-corrected chi connectivity index (χ1v) is 5.78. The third-order valence-corrected chi connectivity index (χ3v) is 2.64. The molecule has 19 heavy (non-hydrogen) atoms. The topological polar surface area (TPSA) is 46.5 Å². The van der Waals surface area contributed by atoms with Crippen molar-refractivity contribution in [2.45, 2.75) is 13.0 Å². The van der Waals surface area contributed by atoms with Crippen LogP contribution in [0.25, 0.3) is 0 Å². The summed E-state index contributed by atoms with van der Waals surface area (Å²) >= 11 is 0. The van der Waals surface area contributed by atoms with Gasteiger partial charge in [0.1, 0.15) is 11.6 Å². The molecule has 3 nitrogen and oxygen atoms in total. The molecule has 98 valence electrons. The molecular weight excluding hydrogens is 247 g/mol. The van der Waals surface area contributed by atoms with Crippen molar-refractivity contribution in [2.24, 2.45) is 0 Å². The number of benzene rings is 2. The first-order chi connectivity index (χ1) is 9.06. The number of carboxylic acids is 1. The molecule has 0 radical (unpaired) electrons. The van der Waals surface area contributed by atoms with E-state index in [1.807, 2.05) is 13.0 Å². The van der Waals surface area contributed by atoms with Crippen LogP contribution in [0.5, 0.6) is 5.75 Å². The number of aryl methyl sites for hydroxylation is 1. The summed E-state index contributed by atoms with van der Waals surface area (Å²) in [6, 6.07) is 12.4. The third kappa shape index (κ3) is 3.31. The zero-order chi connectivity index (χ0) is 13.8. The molecule has 0 aromatic heterocycles. The van der Waals surface area contributed by atoms with Gasteiger partial charge in [-0.2, -0.15) is 0 Å². The minimum Gasteiger partial charge on any atom is -0.478 e. The smallest absolute Gasteiger partial charge is 0.349 e. The van der Waals surface area contributed by atoms with Gasteiger partial charge in [0.2, 0.25) is 6.10 Å². The van der Waals surface area contributed by atoms with Crippen LogP contribution < -0.4 is 4.74 Å². The monoisotopic (exact) mass is 260 g/mol. The van der Waals surface area contributed by atoms with E-state index in [-0.39, 0.29) is 0 Å². The summed E-state index contributed by atoms with van der Waals surface area (Å²) < 4.78 is 18.3. The lowest BCUT2D eigenvalue weighted by atomic mass is 10.1. The number of carbonyl (C=O) groups is 1. The van der Waals surface area contributed by atoms with E-state index in [0.717, 1.165) is 5.56 Å². The van der Waals surface area contributed by atoms with E-state index in [9.17, 15) is 14.3 Å². The molecule has 0 heterocycles. The van der Waals surface area contributed by atoms with Gasteiger partial charge in [-0.05, 0) is 36.8 Å². The fourth-order valence-electron chi connectivity index (χ4n) is 1.72. The van der Waals surface area contributed by atoms with Crippen molar-refractivity contribution in [3.8, 4) is 5.75 Å². The zero-order valence-electron chi connectivity index (χ0n) is 10.3. The molecule has 0 aliphatic heterocycles. The van der Waals surface area contributed by atoms with Crippen molar-refractivity contribution in [1.82, 2.24) is 0 Å². The van der Waals surface area contributed by atoms with Crippen LogP contribution in [0.3, 0.4) is 0 Å². The Labute approximate surface area is 110 Å². The van der Waals surface area contributed by atoms with E-state index in [4.69, 9.17) is 4.74 Å². The molecule has 4 heteroatoms. The molecule has 2 rings (SSSR count). The molecule has 0 saturated carbocycles. The summed E-state index contributed by atoms with van der Waals surface area (Å²) in [5, 5.41) is 9.21. The molecule has 0 aliphatic rings. The zero-order valence-corrected chi connectivity index (χ0v) is 10.3. The average molecular weight is 260 g/mol. The molecule has 0 aliphatic carbocycles. The van der Waals surface area contributed by atoms with E-state index in [0.29, 0.717) is 11.3 Å². The van der Waals surface area contributed by atoms with Crippen molar-refractivity contribution in [3.05, 3.63) is 65.5 Å². The minimum absolute atomic E-state index is 0.399. The van der Waals surface area contributed by atoms with Crippen LogP contribution in [0.15, 0.2) is 48.5 Å². The van der Waals surface area contributed by atoms with Gasteiger partial charge >= 0.3 is 5.97 Å². The van der Waals surface area contributed by atoms with Gasteiger partial charge in [0, 0.05) is 5.56 Å². The maximum absolute atomic E-state index is 12.8. The van der Waals surface area contributed by atoms with E-state index in [1.165, 1.54) is 24.3 Å². The van der Waals surface area contributed by atoms with Gasteiger partial charge in [-0.25, -0.2) is 9.18 Å². The lowest BCUT2D eigenvalue weighted by Gasteiger charge is -2.15. The Bertz CT molecular complexity index is 578. The van der Waals surface area contributed by atoms with Gasteiger partial charge in [-0.1, -0.05) is 24.3 Å². The molecule has 0 amide bonds. The van der Waals surface area contributed by atoms with Crippen molar-refractivity contribution in [1.29, 1.82) is 0 Å². The molecular formula is C15H13FO3. The van der Waals surface area contributed by atoms with E-state index >= 15 is 0 Å². The fourth-order valence-corrected chi connectivity index (χ4v) is 1.72. The van der Waals surface area contributed by atoms with E-state index < -0.39 is 17.9 Å². The highest BCUT2D eigenvalue weighted by Crippen LogP contribution is 2.23. The Morgan fingerprint density at radius 2 is 1.89 bits per heavy atom. The van der Waals surface area contributed by atoms with E-state index in [1.54, 1.807) is 18.2 Å². The van der Waals surface area contributed by atoms with Crippen LogP contribution in [0.4, 0.5) is 4.39 Å². The summed E-state index contributed by atoms with van der Waals surface area (Å²) in [6.07, 6.45) is -1.15. The SMILES string of the molecule is Cc1cccc(OC(C(=O)O)c2ccc(F)cc2)c1. The van der Waals surface area contributed by atoms with Crippen molar-refractivity contribution in [2.75, 3.05) is 0 Å². The van der Waals surface area contributed by atoms with Crippen molar-refractivity contribution in [3.63, 3.8) is 0 Å². The third-order valence-electron chi connectivity index (χ3n) is 2.64. The summed E-state index contributed by atoms with van der Waals surface area (Å²) in [4.78, 5) is 11.3. The van der Waals surface area contributed by atoms with Crippen LogP contribution in [0.2, 0.25) is 0 Å². The highest BCUT2D eigenvalue weighted by Gasteiger charge is 2.21. The van der Waals surface area contributed by atoms with Gasteiger partial charge in [-0.3, -0.25) is 0 Å². The largest absolute Gasteiger partial charge is 0.478 e. The van der Waals surface area contributed by atoms with Gasteiger partial charge in [0.05, 0.1) is 0 Å². The lowest BCUT2D eigenvalue weighted by Crippen LogP contribution is -2.18. The molecule has 1 unspecified atom stereocenters. The predicted octanol–water partition coefficient (Wildman–Crippen LogP) is 3.34. The van der Waals surface area contributed by atoms with Gasteiger partial charge in [0.25, 0.3) is 0 Å². The first-order valence-electron chi connectivity index (χ1n) is 5.78. The highest BCUT2D eigenvalue weighted by atomic mass is 19.1. The van der Waals surface area contributed by atoms with Crippen molar-refractivity contribution >= 4 is 5.97 Å². The quantitative estimate of drug-likeness (QED) is 0.917. The van der Waals surface area contributed by atoms with Gasteiger partial charge < -0.3 is 9.84 Å². The van der Waals surface area contributed by atoms with Crippen LogP contribution in [-0.2, 0) is 4.79 Å². The number of aliphatic carboxylic acids is 1. The molecule has 1 atom stereocenters. The first kappa shape index (κ1) is 13.1. The lowest BCUT2D eigenvalue weighted by molar-refractivity contribution is -0.145. The Balaban J connectivity index is 2.26. The highest BCUT2D eigenvalue weighted by molar-refractivity contribution is 5.74. The van der Waals surface area contributed by atoms with Crippen LogP contribution >= 0.6 is 0 Å². The number of ether oxygens (including phenoxy) is 1. The number of halogens is 1. The number of hydrogen-bond acceptors (Lipinski definition) is 2. The average Bonchev–Trinajstić information content (AvgIpc) is 2.37. The second kappa shape index (κ2) is 5.52.